The highest BCUT2D eigenvalue weighted by Crippen LogP contribution is 2.18. The van der Waals surface area contributed by atoms with Gasteiger partial charge in [-0.25, -0.2) is 9.97 Å². The number of rotatable bonds is 1. The number of aromatic nitrogens is 2. The van der Waals surface area contributed by atoms with Crippen LogP contribution >= 0.6 is 0 Å². The van der Waals surface area contributed by atoms with E-state index < -0.39 is 0 Å². The van der Waals surface area contributed by atoms with Crippen LogP contribution < -0.4 is 10.6 Å². The summed E-state index contributed by atoms with van der Waals surface area (Å²) in [6.45, 7) is 2.48. The zero-order valence-electron chi connectivity index (χ0n) is 8.68. The number of anilines is 1. The Labute approximate surface area is 88.3 Å². The molecule has 0 aromatic carbocycles. The van der Waals surface area contributed by atoms with Gasteiger partial charge in [0.1, 0.15) is 5.82 Å². The first-order chi connectivity index (χ1) is 7.16. The quantitative estimate of drug-likeness (QED) is 0.714. The lowest BCUT2D eigenvalue weighted by Gasteiger charge is -2.29. The van der Waals surface area contributed by atoms with Gasteiger partial charge in [0.05, 0.1) is 18.1 Å². The fraction of sp³-hybridized carbons (Fsp3) is 0.500. The number of hydrogen-bond acceptors (Lipinski definition) is 4. The molecule has 15 heavy (non-hydrogen) atoms. The van der Waals surface area contributed by atoms with Crippen molar-refractivity contribution in [3.63, 3.8) is 0 Å². The highest BCUT2D eigenvalue weighted by Gasteiger charge is 2.24. The Morgan fingerprint density at radius 3 is 2.73 bits per heavy atom. The average molecular weight is 206 g/mol. The van der Waals surface area contributed by atoms with Crippen LogP contribution in [0.1, 0.15) is 18.7 Å². The van der Waals surface area contributed by atoms with Crippen LogP contribution in [0.5, 0.6) is 0 Å². The molecule has 1 aromatic rings. The predicted molar refractivity (Wildman–Crippen MR) is 56.3 cm³/mol. The van der Waals surface area contributed by atoms with E-state index in [1.54, 1.807) is 17.3 Å². The molecule has 0 aliphatic carbocycles. The van der Waals surface area contributed by atoms with Crippen molar-refractivity contribution in [3.05, 3.63) is 18.2 Å². The number of nitrogens with zero attached hydrogens (tertiary/aromatic N) is 3. The van der Waals surface area contributed by atoms with Crippen LogP contribution in [-0.4, -0.2) is 28.5 Å². The van der Waals surface area contributed by atoms with E-state index in [9.17, 15) is 4.79 Å². The zero-order valence-corrected chi connectivity index (χ0v) is 8.68. The molecule has 5 heteroatoms. The van der Waals surface area contributed by atoms with Gasteiger partial charge in [-0.3, -0.25) is 4.79 Å². The smallest absolute Gasteiger partial charge is 0.228 e. The highest BCUT2D eigenvalue weighted by molar-refractivity contribution is 5.94. The normalized spacial score (nSPS) is 21.9. The van der Waals surface area contributed by atoms with Crippen molar-refractivity contribution in [3.8, 4) is 0 Å². The molecular formula is C10H14N4O. The van der Waals surface area contributed by atoms with Crippen molar-refractivity contribution in [2.45, 2.75) is 25.8 Å². The molecule has 0 saturated carbocycles. The lowest BCUT2D eigenvalue weighted by atomic mass is 10.1. The largest absolute Gasteiger partial charge is 0.327 e. The number of carbonyl (C=O) groups excluding carboxylic acids is 1. The van der Waals surface area contributed by atoms with Crippen LogP contribution in [0.3, 0.4) is 0 Å². The number of piperidine rings is 1. The van der Waals surface area contributed by atoms with Crippen LogP contribution in [-0.2, 0) is 4.79 Å². The Balaban J connectivity index is 2.17. The standard InChI is InChI=1S/C10H14N4O/c1-7-12-5-9(6-13-7)14-3-2-8(11)4-10(14)15/h5-6,8H,2-4,11H2,1H3. The topological polar surface area (TPSA) is 72.1 Å². The molecule has 1 fully saturated rings. The molecule has 2 rings (SSSR count). The Morgan fingerprint density at radius 1 is 1.47 bits per heavy atom. The fourth-order valence-corrected chi connectivity index (χ4v) is 1.65. The molecule has 5 nitrogen and oxygen atoms in total. The maximum Gasteiger partial charge on any atom is 0.228 e. The maximum atomic E-state index is 11.7. The van der Waals surface area contributed by atoms with Crippen molar-refractivity contribution in [1.29, 1.82) is 0 Å². The first-order valence-corrected chi connectivity index (χ1v) is 5.01. The Morgan fingerprint density at radius 2 is 2.13 bits per heavy atom. The monoisotopic (exact) mass is 206 g/mol. The van der Waals surface area contributed by atoms with Gasteiger partial charge in [-0.15, -0.1) is 0 Å². The molecule has 80 valence electrons. The van der Waals surface area contributed by atoms with Gasteiger partial charge in [0.2, 0.25) is 5.91 Å². The van der Waals surface area contributed by atoms with E-state index in [1.807, 2.05) is 6.92 Å². The minimum Gasteiger partial charge on any atom is -0.327 e. The molecule has 1 aromatic heterocycles. The summed E-state index contributed by atoms with van der Waals surface area (Å²) < 4.78 is 0. The lowest BCUT2D eigenvalue weighted by Crippen LogP contribution is -2.44. The second-order valence-electron chi connectivity index (χ2n) is 3.79. The first kappa shape index (κ1) is 10.0. The minimum absolute atomic E-state index is 0.000108. The Bertz CT molecular complexity index is 362. The van der Waals surface area contributed by atoms with Gasteiger partial charge in [0.15, 0.2) is 0 Å². The molecule has 2 heterocycles. The molecule has 0 radical (unpaired) electrons. The van der Waals surface area contributed by atoms with Crippen molar-refractivity contribution < 1.29 is 4.79 Å². The van der Waals surface area contributed by atoms with Gasteiger partial charge in [-0.2, -0.15) is 0 Å². The second-order valence-corrected chi connectivity index (χ2v) is 3.79. The van der Waals surface area contributed by atoms with Gasteiger partial charge < -0.3 is 10.6 Å². The molecular weight excluding hydrogens is 192 g/mol. The molecule has 1 unspecified atom stereocenters. The summed E-state index contributed by atoms with van der Waals surface area (Å²) in [4.78, 5) is 21.5. The third kappa shape index (κ3) is 2.12. The maximum absolute atomic E-state index is 11.7. The summed E-state index contributed by atoms with van der Waals surface area (Å²) in [5.41, 5.74) is 6.47. The van der Waals surface area contributed by atoms with Crippen LogP contribution in [0, 0.1) is 6.92 Å². The van der Waals surface area contributed by atoms with Crippen molar-refractivity contribution >= 4 is 11.6 Å². The van der Waals surface area contributed by atoms with Crippen LogP contribution in [0.4, 0.5) is 5.69 Å². The predicted octanol–water partition coefficient (Wildman–Crippen LogP) is 0.239. The molecule has 0 bridgehead atoms. The molecule has 1 aliphatic heterocycles. The molecule has 2 N–H and O–H groups in total. The van der Waals surface area contributed by atoms with E-state index in [0.29, 0.717) is 18.8 Å². The summed E-state index contributed by atoms with van der Waals surface area (Å²) in [6.07, 6.45) is 4.60. The summed E-state index contributed by atoms with van der Waals surface area (Å²) in [5, 5.41) is 0. The summed E-state index contributed by atoms with van der Waals surface area (Å²) in [6, 6.07) is 0.000108. The first-order valence-electron chi connectivity index (χ1n) is 5.01. The van der Waals surface area contributed by atoms with E-state index in [0.717, 1.165) is 12.1 Å². The SMILES string of the molecule is Cc1ncc(N2CCC(N)CC2=O)cn1. The number of carbonyl (C=O) groups is 1. The molecule has 1 atom stereocenters. The van der Waals surface area contributed by atoms with Gasteiger partial charge in [-0.05, 0) is 13.3 Å². The number of amides is 1. The van der Waals surface area contributed by atoms with Crippen LogP contribution in [0.25, 0.3) is 0 Å². The Hall–Kier alpha value is -1.49. The minimum atomic E-state index is 0.000108. The summed E-state index contributed by atoms with van der Waals surface area (Å²) in [5.74, 6) is 0.765. The molecule has 0 spiro atoms. The average Bonchev–Trinajstić information content (AvgIpc) is 2.20. The van der Waals surface area contributed by atoms with E-state index in [4.69, 9.17) is 5.73 Å². The van der Waals surface area contributed by atoms with Gasteiger partial charge in [0, 0.05) is 19.0 Å². The van der Waals surface area contributed by atoms with E-state index in [2.05, 4.69) is 9.97 Å². The van der Waals surface area contributed by atoms with E-state index in [-0.39, 0.29) is 11.9 Å². The van der Waals surface area contributed by atoms with Gasteiger partial charge >= 0.3 is 0 Å². The summed E-state index contributed by atoms with van der Waals surface area (Å²) >= 11 is 0. The van der Waals surface area contributed by atoms with Gasteiger partial charge in [-0.1, -0.05) is 0 Å². The van der Waals surface area contributed by atoms with Crippen molar-refractivity contribution in [1.82, 2.24) is 9.97 Å². The number of hydrogen-bond donors (Lipinski definition) is 1. The van der Waals surface area contributed by atoms with Gasteiger partial charge in [0.25, 0.3) is 0 Å². The number of aryl methyl sites for hydroxylation is 1. The third-order valence-electron chi connectivity index (χ3n) is 2.54. The summed E-state index contributed by atoms with van der Waals surface area (Å²) in [7, 11) is 0. The van der Waals surface area contributed by atoms with Crippen molar-refractivity contribution in [2.75, 3.05) is 11.4 Å². The second kappa shape index (κ2) is 3.94. The molecule has 1 amide bonds. The van der Waals surface area contributed by atoms with Crippen molar-refractivity contribution in [2.24, 2.45) is 5.73 Å². The van der Waals surface area contributed by atoms with Crippen LogP contribution in [0.15, 0.2) is 12.4 Å². The van der Waals surface area contributed by atoms with E-state index >= 15 is 0 Å². The highest BCUT2D eigenvalue weighted by atomic mass is 16.2. The zero-order chi connectivity index (χ0) is 10.8. The Kier molecular flexibility index (Phi) is 2.64. The van der Waals surface area contributed by atoms with E-state index in [1.165, 1.54) is 0 Å². The fourth-order valence-electron chi connectivity index (χ4n) is 1.65. The lowest BCUT2D eigenvalue weighted by molar-refractivity contribution is -0.119. The molecule has 1 saturated heterocycles. The van der Waals surface area contributed by atoms with Crippen LogP contribution in [0.2, 0.25) is 0 Å². The third-order valence-corrected chi connectivity index (χ3v) is 2.54. The number of nitrogens with two attached hydrogens (primary N) is 1. The molecule has 1 aliphatic rings.